The monoisotopic (exact) mass is 322 g/mol. The Hall–Kier alpha value is -2.34. The smallest absolute Gasteiger partial charge is 0.320 e. The lowest BCUT2D eigenvalue weighted by molar-refractivity contribution is -0.158. The quantitative estimate of drug-likeness (QED) is 0.394. The van der Waals surface area contributed by atoms with Gasteiger partial charge in [0.15, 0.2) is 5.92 Å². The van der Waals surface area contributed by atoms with Crippen LogP contribution < -0.4 is 4.74 Å². The molecule has 0 aliphatic rings. The number of ether oxygens (including phenoxy) is 4. The third-order valence-electron chi connectivity index (χ3n) is 3.20. The topological polar surface area (TPSA) is 71.1 Å². The molecule has 0 unspecified atom stereocenters. The summed E-state index contributed by atoms with van der Waals surface area (Å²) in [6.07, 6.45) is 0.127. The summed E-state index contributed by atoms with van der Waals surface area (Å²) in [5.41, 5.74) is 1.59. The summed E-state index contributed by atoms with van der Waals surface area (Å²) in [5.74, 6) is -1.53. The summed E-state index contributed by atoms with van der Waals surface area (Å²) in [7, 11) is 4.05. The van der Waals surface area contributed by atoms with E-state index < -0.39 is 17.9 Å². The van der Waals surface area contributed by atoms with E-state index in [9.17, 15) is 9.59 Å². The highest BCUT2D eigenvalue weighted by atomic mass is 16.5. The van der Waals surface area contributed by atoms with Crippen molar-refractivity contribution in [3.05, 3.63) is 42.0 Å². The molecule has 126 valence electrons. The molecule has 0 N–H and O–H groups in total. The maximum absolute atomic E-state index is 11.6. The first-order valence-corrected chi connectivity index (χ1v) is 7.04. The SMILES string of the molecule is C=C(COCc1ccc(OC)cc1)CC(C(=O)OC)C(=O)OC. The minimum Gasteiger partial charge on any atom is -0.497 e. The van der Waals surface area contributed by atoms with Crippen LogP contribution in [-0.4, -0.2) is 39.9 Å². The maximum atomic E-state index is 11.6. The Labute approximate surface area is 136 Å². The molecule has 1 aromatic rings. The molecule has 1 aromatic carbocycles. The molecule has 1 rings (SSSR count). The molecule has 0 heterocycles. The summed E-state index contributed by atoms with van der Waals surface area (Å²) < 4.78 is 19.8. The highest BCUT2D eigenvalue weighted by Crippen LogP contribution is 2.16. The fourth-order valence-electron chi connectivity index (χ4n) is 1.93. The molecular weight excluding hydrogens is 300 g/mol. The maximum Gasteiger partial charge on any atom is 0.320 e. The molecule has 0 aliphatic carbocycles. The van der Waals surface area contributed by atoms with Gasteiger partial charge in [-0.2, -0.15) is 0 Å². The molecule has 0 spiro atoms. The lowest BCUT2D eigenvalue weighted by Gasteiger charge is -2.14. The summed E-state index contributed by atoms with van der Waals surface area (Å²) in [6, 6.07) is 7.48. The third kappa shape index (κ3) is 6.12. The van der Waals surface area contributed by atoms with Crippen LogP contribution in [0.1, 0.15) is 12.0 Å². The summed E-state index contributed by atoms with van der Waals surface area (Å²) in [4.78, 5) is 23.2. The Morgan fingerprint density at radius 3 is 2.09 bits per heavy atom. The van der Waals surface area contributed by atoms with Crippen LogP contribution in [0.5, 0.6) is 5.75 Å². The molecule has 0 aromatic heterocycles. The van der Waals surface area contributed by atoms with E-state index in [0.717, 1.165) is 11.3 Å². The zero-order valence-corrected chi connectivity index (χ0v) is 13.7. The lowest BCUT2D eigenvalue weighted by Crippen LogP contribution is -2.27. The Morgan fingerprint density at radius 2 is 1.61 bits per heavy atom. The number of hydrogen-bond acceptors (Lipinski definition) is 6. The van der Waals surface area contributed by atoms with Gasteiger partial charge in [0.25, 0.3) is 0 Å². The second-order valence-electron chi connectivity index (χ2n) is 4.89. The summed E-state index contributed by atoms with van der Waals surface area (Å²) in [5, 5.41) is 0. The van der Waals surface area contributed by atoms with E-state index in [4.69, 9.17) is 9.47 Å². The van der Waals surface area contributed by atoms with Crippen molar-refractivity contribution in [3.8, 4) is 5.75 Å². The van der Waals surface area contributed by atoms with Crippen molar-refractivity contribution in [2.75, 3.05) is 27.9 Å². The van der Waals surface area contributed by atoms with Crippen LogP contribution in [0.4, 0.5) is 0 Å². The van der Waals surface area contributed by atoms with Gasteiger partial charge >= 0.3 is 11.9 Å². The van der Waals surface area contributed by atoms with Crippen LogP contribution in [0, 0.1) is 5.92 Å². The molecule has 0 amide bonds. The van der Waals surface area contributed by atoms with Crippen molar-refractivity contribution in [3.63, 3.8) is 0 Å². The Balaban J connectivity index is 2.45. The predicted octanol–water partition coefficient (Wildman–Crippen LogP) is 2.12. The van der Waals surface area contributed by atoms with E-state index in [1.54, 1.807) is 7.11 Å². The Kier molecular flexibility index (Phi) is 7.83. The van der Waals surface area contributed by atoms with E-state index in [1.165, 1.54) is 14.2 Å². The molecule has 6 heteroatoms. The standard InChI is InChI=1S/C17H22O6/c1-12(9-15(16(18)21-3)17(19)22-4)10-23-11-13-5-7-14(20-2)8-6-13/h5-8,15H,1,9-11H2,2-4H3. The van der Waals surface area contributed by atoms with Crippen molar-refractivity contribution in [1.29, 1.82) is 0 Å². The Morgan fingerprint density at radius 1 is 1.04 bits per heavy atom. The number of esters is 2. The molecule has 23 heavy (non-hydrogen) atoms. The van der Waals surface area contributed by atoms with Crippen molar-refractivity contribution in [2.24, 2.45) is 5.92 Å². The van der Waals surface area contributed by atoms with Gasteiger partial charge in [-0.3, -0.25) is 9.59 Å². The summed E-state index contributed by atoms with van der Waals surface area (Å²) >= 11 is 0. The number of methoxy groups -OCH3 is 3. The average Bonchev–Trinajstić information content (AvgIpc) is 2.58. The first-order valence-electron chi connectivity index (χ1n) is 7.04. The van der Waals surface area contributed by atoms with E-state index in [-0.39, 0.29) is 13.0 Å². The normalized spacial score (nSPS) is 10.3. The van der Waals surface area contributed by atoms with E-state index in [1.807, 2.05) is 24.3 Å². The van der Waals surface area contributed by atoms with E-state index >= 15 is 0 Å². The second-order valence-corrected chi connectivity index (χ2v) is 4.89. The molecule has 0 saturated carbocycles. The molecule has 0 radical (unpaired) electrons. The fraction of sp³-hybridized carbons (Fsp3) is 0.412. The molecule has 6 nitrogen and oxygen atoms in total. The first-order chi connectivity index (χ1) is 11.0. The molecule has 0 atom stereocenters. The van der Waals surface area contributed by atoms with Gasteiger partial charge in [-0.05, 0) is 24.1 Å². The van der Waals surface area contributed by atoms with Crippen molar-refractivity contribution >= 4 is 11.9 Å². The molecule has 0 bridgehead atoms. The Bertz CT molecular complexity index is 519. The molecule has 0 saturated heterocycles. The lowest BCUT2D eigenvalue weighted by atomic mass is 10.0. The largest absolute Gasteiger partial charge is 0.497 e. The highest BCUT2D eigenvalue weighted by Gasteiger charge is 2.29. The van der Waals surface area contributed by atoms with Gasteiger partial charge in [-0.15, -0.1) is 0 Å². The molecule has 0 fully saturated rings. The van der Waals surface area contributed by atoms with E-state index in [2.05, 4.69) is 16.1 Å². The minimum atomic E-state index is -1.01. The van der Waals surface area contributed by atoms with Crippen LogP contribution in [0.3, 0.4) is 0 Å². The zero-order valence-electron chi connectivity index (χ0n) is 13.7. The number of carbonyl (C=O) groups is 2. The number of carbonyl (C=O) groups excluding carboxylic acids is 2. The number of benzene rings is 1. The van der Waals surface area contributed by atoms with Gasteiger partial charge < -0.3 is 18.9 Å². The van der Waals surface area contributed by atoms with Crippen LogP contribution in [0.15, 0.2) is 36.4 Å². The minimum absolute atomic E-state index is 0.127. The van der Waals surface area contributed by atoms with E-state index in [0.29, 0.717) is 12.2 Å². The third-order valence-corrected chi connectivity index (χ3v) is 3.20. The van der Waals surface area contributed by atoms with Crippen molar-refractivity contribution in [1.82, 2.24) is 0 Å². The van der Waals surface area contributed by atoms with Crippen molar-refractivity contribution < 1.29 is 28.5 Å². The van der Waals surface area contributed by atoms with Gasteiger partial charge in [0.2, 0.25) is 0 Å². The van der Waals surface area contributed by atoms with Crippen LogP contribution in [0.2, 0.25) is 0 Å². The van der Waals surface area contributed by atoms with Gasteiger partial charge in [0.1, 0.15) is 5.75 Å². The van der Waals surface area contributed by atoms with Gasteiger partial charge in [0, 0.05) is 0 Å². The number of hydrogen-bond donors (Lipinski definition) is 0. The molecule has 0 aliphatic heterocycles. The van der Waals surface area contributed by atoms with Gasteiger partial charge in [-0.1, -0.05) is 24.3 Å². The van der Waals surface area contributed by atoms with Gasteiger partial charge in [-0.25, -0.2) is 0 Å². The summed E-state index contributed by atoms with van der Waals surface area (Å²) in [6.45, 7) is 4.45. The highest BCUT2D eigenvalue weighted by molar-refractivity contribution is 5.95. The van der Waals surface area contributed by atoms with Crippen LogP contribution in [0.25, 0.3) is 0 Å². The van der Waals surface area contributed by atoms with Gasteiger partial charge in [0.05, 0.1) is 34.5 Å². The van der Waals surface area contributed by atoms with Crippen LogP contribution >= 0.6 is 0 Å². The molecular formula is C17H22O6. The zero-order chi connectivity index (χ0) is 17.2. The first kappa shape index (κ1) is 18.7. The fourth-order valence-corrected chi connectivity index (χ4v) is 1.93. The van der Waals surface area contributed by atoms with Crippen molar-refractivity contribution in [2.45, 2.75) is 13.0 Å². The predicted molar refractivity (Wildman–Crippen MR) is 83.9 cm³/mol. The second kappa shape index (κ2) is 9.63. The number of rotatable bonds is 9. The average molecular weight is 322 g/mol. The van der Waals surface area contributed by atoms with Crippen LogP contribution in [-0.2, 0) is 30.4 Å².